The normalized spacial score (nSPS) is 17.8. The number of rotatable bonds is 7. The fourth-order valence-electron chi connectivity index (χ4n) is 2.96. The zero-order chi connectivity index (χ0) is 16.8. The number of anilines is 1. The van der Waals surface area contributed by atoms with Crippen LogP contribution in [0.5, 0.6) is 0 Å². The Morgan fingerprint density at radius 3 is 3.17 bits per heavy atom. The van der Waals surface area contributed by atoms with E-state index in [4.69, 9.17) is 0 Å². The van der Waals surface area contributed by atoms with Gasteiger partial charge in [0.25, 0.3) is 0 Å². The zero-order valence-electron chi connectivity index (χ0n) is 14.0. The van der Waals surface area contributed by atoms with E-state index in [-0.39, 0.29) is 5.91 Å². The van der Waals surface area contributed by atoms with Crippen molar-refractivity contribution in [3.05, 3.63) is 46.3 Å². The van der Waals surface area contributed by atoms with Gasteiger partial charge >= 0.3 is 0 Å². The Kier molecular flexibility index (Phi) is 5.82. The first-order valence-corrected chi connectivity index (χ1v) is 9.25. The number of aryl methyl sites for hydroxylation is 1. The average molecular weight is 344 g/mol. The van der Waals surface area contributed by atoms with Gasteiger partial charge in [0.1, 0.15) is 5.82 Å². The maximum atomic E-state index is 12.0. The van der Waals surface area contributed by atoms with Crippen LogP contribution in [-0.4, -0.2) is 42.0 Å². The van der Waals surface area contributed by atoms with E-state index < -0.39 is 0 Å². The third-order valence-corrected chi connectivity index (χ3v) is 5.14. The Morgan fingerprint density at radius 2 is 2.38 bits per heavy atom. The molecule has 128 valence electrons. The lowest BCUT2D eigenvalue weighted by Gasteiger charge is -2.16. The number of amides is 1. The summed E-state index contributed by atoms with van der Waals surface area (Å²) >= 11 is 1.67. The van der Waals surface area contributed by atoms with E-state index in [1.807, 2.05) is 29.8 Å². The van der Waals surface area contributed by atoms with Crippen molar-refractivity contribution in [2.75, 3.05) is 31.5 Å². The summed E-state index contributed by atoms with van der Waals surface area (Å²) in [5, 5.41) is 8.43. The number of hydrogen-bond acceptors (Lipinski definition) is 5. The molecule has 1 amide bonds. The molecular formula is C18H24N4OS. The molecule has 2 aromatic heterocycles. The molecule has 0 saturated carbocycles. The summed E-state index contributed by atoms with van der Waals surface area (Å²) in [5.41, 5.74) is 1.21. The van der Waals surface area contributed by atoms with Crippen LogP contribution in [-0.2, 0) is 11.3 Å². The molecule has 0 aromatic carbocycles. The van der Waals surface area contributed by atoms with Crippen molar-refractivity contribution >= 4 is 23.1 Å². The van der Waals surface area contributed by atoms with E-state index in [0.717, 1.165) is 31.9 Å². The van der Waals surface area contributed by atoms with Crippen molar-refractivity contribution < 1.29 is 4.79 Å². The van der Waals surface area contributed by atoms with Gasteiger partial charge in [0.2, 0.25) is 5.91 Å². The number of aromatic nitrogens is 1. The highest BCUT2D eigenvalue weighted by molar-refractivity contribution is 7.09. The number of hydrogen-bond donors (Lipinski definition) is 2. The van der Waals surface area contributed by atoms with Crippen LogP contribution in [0.4, 0.5) is 5.82 Å². The number of carbonyl (C=O) groups is 1. The summed E-state index contributed by atoms with van der Waals surface area (Å²) in [5.74, 6) is 1.61. The van der Waals surface area contributed by atoms with Gasteiger partial charge in [-0.25, -0.2) is 4.98 Å². The van der Waals surface area contributed by atoms with Crippen molar-refractivity contribution in [1.29, 1.82) is 0 Å². The van der Waals surface area contributed by atoms with Gasteiger partial charge in [-0.1, -0.05) is 6.07 Å². The maximum absolute atomic E-state index is 12.0. The van der Waals surface area contributed by atoms with Crippen molar-refractivity contribution in [1.82, 2.24) is 15.2 Å². The van der Waals surface area contributed by atoms with Gasteiger partial charge in [-0.05, 0) is 54.9 Å². The van der Waals surface area contributed by atoms with Gasteiger partial charge in [0, 0.05) is 24.2 Å². The van der Waals surface area contributed by atoms with Crippen LogP contribution in [0.15, 0.2) is 35.8 Å². The number of nitrogens with zero attached hydrogens (tertiary/aromatic N) is 2. The number of nitrogens with one attached hydrogen (secondary N) is 2. The molecule has 3 heterocycles. The first kappa shape index (κ1) is 16.9. The molecule has 2 aromatic rings. The number of carbonyl (C=O) groups excluding carboxylic acids is 1. The Bertz CT molecular complexity index is 659. The van der Waals surface area contributed by atoms with Crippen LogP contribution in [0.1, 0.15) is 16.9 Å². The predicted molar refractivity (Wildman–Crippen MR) is 98.2 cm³/mol. The Labute approximate surface area is 147 Å². The molecule has 1 aliphatic heterocycles. The molecule has 0 bridgehead atoms. The molecule has 0 radical (unpaired) electrons. The van der Waals surface area contributed by atoms with E-state index in [0.29, 0.717) is 19.0 Å². The molecule has 1 fully saturated rings. The molecule has 0 aliphatic carbocycles. The summed E-state index contributed by atoms with van der Waals surface area (Å²) < 4.78 is 0. The lowest BCUT2D eigenvalue weighted by Crippen LogP contribution is -2.36. The third kappa shape index (κ3) is 5.04. The Hall–Kier alpha value is -1.92. The molecule has 5 nitrogen and oxygen atoms in total. The molecule has 24 heavy (non-hydrogen) atoms. The maximum Gasteiger partial charge on any atom is 0.234 e. The predicted octanol–water partition coefficient (Wildman–Crippen LogP) is 2.50. The molecule has 0 unspecified atom stereocenters. The molecule has 1 aliphatic rings. The number of pyridine rings is 1. The summed E-state index contributed by atoms with van der Waals surface area (Å²) in [6.07, 6.45) is 2.95. The summed E-state index contributed by atoms with van der Waals surface area (Å²) in [7, 11) is 0. The number of thiophene rings is 1. The Balaban J connectivity index is 1.36. The zero-order valence-corrected chi connectivity index (χ0v) is 14.8. The monoisotopic (exact) mass is 344 g/mol. The minimum absolute atomic E-state index is 0.109. The molecule has 1 saturated heterocycles. The minimum atomic E-state index is 0.109. The standard InChI is InChI=1S/C18H24N4OS/c1-14-4-6-19-17(9-14)20-10-15-5-7-22(12-15)13-18(23)21-11-16-3-2-8-24-16/h2-4,6,8-9,15H,5,7,10-13H2,1H3,(H,19,20)(H,21,23)/t15-/m0/s1. The highest BCUT2D eigenvalue weighted by Crippen LogP contribution is 2.17. The second-order valence-electron chi connectivity index (χ2n) is 6.35. The van der Waals surface area contributed by atoms with E-state index in [1.165, 1.54) is 10.4 Å². The first-order valence-electron chi connectivity index (χ1n) is 8.37. The second-order valence-corrected chi connectivity index (χ2v) is 7.38. The van der Waals surface area contributed by atoms with Crippen LogP contribution in [0.3, 0.4) is 0 Å². The van der Waals surface area contributed by atoms with Crippen LogP contribution in [0.2, 0.25) is 0 Å². The van der Waals surface area contributed by atoms with Crippen LogP contribution in [0.25, 0.3) is 0 Å². The lowest BCUT2D eigenvalue weighted by atomic mass is 10.1. The molecule has 6 heteroatoms. The van der Waals surface area contributed by atoms with Crippen molar-refractivity contribution in [3.8, 4) is 0 Å². The van der Waals surface area contributed by atoms with E-state index >= 15 is 0 Å². The summed E-state index contributed by atoms with van der Waals surface area (Å²) in [6.45, 7) is 6.05. The van der Waals surface area contributed by atoms with Crippen LogP contribution >= 0.6 is 11.3 Å². The Morgan fingerprint density at radius 1 is 1.46 bits per heavy atom. The fourth-order valence-corrected chi connectivity index (χ4v) is 3.61. The topological polar surface area (TPSA) is 57.3 Å². The minimum Gasteiger partial charge on any atom is -0.370 e. The van der Waals surface area contributed by atoms with Gasteiger partial charge in [-0.3, -0.25) is 9.69 Å². The fraction of sp³-hybridized carbons (Fsp3) is 0.444. The third-order valence-electron chi connectivity index (χ3n) is 4.26. The highest BCUT2D eigenvalue weighted by Gasteiger charge is 2.23. The van der Waals surface area contributed by atoms with Gasteiger partial charge in [-0.2, -0.15) is 0 Å². The van der Waals surface area contributed by atoms with E-state index in [9.17, 15) is 4.79 Å². The molecule has 2 N–H and O–H groups in total. The van der Waals surface area contributed by atoms with Crippen LogP contribution in [0, 0.1) is 12.8 Å². The van der Waals surface area contributed by atoms with Gasteiger partial charge < -0.3 is 10.6 Å². The molecule has 0 spiro atoms. The molecule has 1 atom stereocenters. The summed E-state index contributed by atoms with van der Waals surface area (Å²) in [6, 6.07) is 8.11. The van der Waals surface area contributed by atoms with Gasteiger partial charge in [-0.15, -0.1) is 11.3 Å². The van der Waals surface area contributed by atoms with Crippen LogP contribution < -0.4 is 10.6 Å². The van der Waals surface area contributed by atoms with Crippen molar-refractivity contribution in [2.24, 2.45) is 5.92 Å². The molecular weight excluding hydrogens is 320 g/mol. The highest BCUT2D eigenvalue weighted by atomic mass is 32.1. The second kappa shape index (κ2) is 8.26. The van der Waals surface area contributed by atoms with Crippen molar-refractivity contribution in [2.45, 2.75) is 19.9 Å². The summed E-state index contributed by atoms with van der Waals surface area (Å²) in [4.78, 5) is 19.8. The van der Waals surface area contributed by atoms with Gasteiger partial charge in [0.05, 0.1) is 13.1 Å². The molecule has 3 rings (SSSR count). The number of likely N-dealkylation sites (tertiary alicyclic amines) is 1. The van der Waals surface area contributed by atoms with E-state index in [1.54, 1.807) is 11.3 Å². The van der Waals surface area contributed by atoms with Crippen molar-refractivity contribution in [3.63, 3.8) is 0 Å². The quantitative estimate of drug-likeness (QED) is 0.810. The largest absolute Gasteiger partial charge is 0.370 e. The lowest BCUT2D eigenvalue weighted by molar-refractivity contribution is -0.122. The first-order chi connectivity index (χ1) is 11.7. The smallest absolute Gasteiger partial charge is 0.234 e. The van der Waals surface area contributed by atoms with Gasteiger partial charge in [0.15, 0.2) is 0 Å². The van der Waals surface area contributed by atoms with E-state index in [2.05, 4.69) is 33.5 Å². The SMILES string of the molecule is Cc1ccnc(NC[C@@H]2CCN(CC(=O)NCc3cccs3)C2)c1. The average Bonchev–Trinajstić information content (AvgIpc) is 3.23.